The normalized spacial score (nSPS) is 11.5. The summed E-state index contributed by atoms with van der Waals surface area (Å²) in [4.78, 5) is 14.8. The van der Waals surface area contributed by atoms with Crippen LogP contribution in [0.4, 0.5) is 0 Å². The molecule has 170 valence electrons. The van der Waals surface area contributed by atoms with Crippen LogP contribution in [0.5, 0.6) is 0 Å². The van der Waals surface area contributed by atoms with Gasteiger partial charge in [0.2, 0.25) is 0 Å². The van der Waals surface area contributed by atoms with E-state index in [1.165, 1.54) is 5.39 Å². The van der Waals surface area contributed by atoms with E-state index in [4.69, 9.17) is 31.0 Å². The Labute approximate surface area is 211 Å². The topological polar surface area (TPSA) is 51.8 Å². The molecule has 2 aromatic heterocycles. The van der Waals surface area contributed by atoms with E-state index in [1.54, 1.807) is 0 Å². The lowest BCUT2D eigenvalue weighted by Gasteiger charge is -2.10. The first-order valence-electron chi connectivity index (χ1n) is 11.6. The second kappa shape index (κ2) is 8.29. The minimum Gasteiger partial charge on any atom is -0.456 e. The lowest BCUT2D eigenvalue weighted by atomic mass is 10.0. The number of fused-ring (bicyclic) bond motifs is 4. The lowest BCUT2D eigenvalue weighted by molar-refractivity contribution is 0.669. The number of furan rings is 1. The third-order valence-corrected chi connectivity index (χ3v) is 6.64. The molecule has 0 aliphatic carbocycles. The highest BCUT2D eigenvalue weighted by atomic mass is 35.5. The van der Waals surface area contributed by atoms with Crippen LogP contribution in [0, 0.1) is 0 Å². The Morgan fingerprint density at radius 2 is 1.19 bits per heavy atom. The quantitative estimate of drug-likeness (QED) is 0.252. The molecule has 0 radical (unpaired) electrons. The van der Waals surface area contributed by atoms with Crippen LogP contribution < -0.4 is 0 Å². The van der Waals surface area contributed by atoms with Gasteiger partial charge in [0.15, 0.2) is 17.5 Å². The maximum absolute atomic E-state index is 6.15. The third-order valence-electron chi connectivity index (χ3n) is 6.39. The third kappa shape index (κ3) is 3.51. The first-order valence-corrected chi connectivity index (χ1v) is 12.0. The fraction of sp³-hybridized carbons (Fsp3) is 0. The van der Waals surface area contributed by atoms with Crippen molar-refractivity contribution in [1.29, 1.82) is 0 Å². The number of halogens is 1. The van der Waals surface area contributed by atoms with Gasteiger partial charge in [0.25, 0.3) is 0 Å². The molecule has 0 amide bonds. The van der Waals surface area contributed by atoms with Crippen LogP contribution in [0.15, 0.2) is 114 Å². The average Bonchev–Trinajstić information content (AvgIpc) is 3.32. The lowest BCUT2D eigenvalue weighted by Crippen LogP contribution is -2.00. The van der Waals surface area contributed by atoms with Gasteiger partial charge in [-0.3, -0.25) is 0 Å². The Hall–Kier alpha value is -4.54. The summed E-state index contributed by atoms with van der Waals surface area (Å²) in [5, 5.41) is 4.99. The van der Waals surface area contributed by atoms with Crippen LogP contribution in [0.2, 0.25) is 5.02 Å². The van der Waals surface area contributed by atoms with E-state index in [0.29, 0.717) is 22.5 Å². The molecule has 5 heteroatoms. The second-order valence-corrected chi connectivity index (χ2v) is 9.09. The van der Waals surface area contributed by atoms with Gasteiger partial charge >= 0.3 is 0 Å². The second-order valence-electron chi connectivity index (χ2n) is 8.65. The van der Waals surface area contributed by atoms with Gasteiger partial charge in [-0.2, -0.15) is 0 Å². The molecule has 0 atom stereocenters. The average molecular weight is 484 g/mol. The van der Waals surface area contributed by atoms with Gasteiger partial charge in [-0.05, 0) is 53.2 Å². The maximum Gasteiger partial charge on any atom is 0.164 e. The van der Waals surface area contributed by atoms with Gasteiger partial charge in [0, 0.05) is 32.5 Å². The van der Waals surface area contributed by atoms with Crippen molar-refractivity contribution >= 4 is 44.3 Å². The van der Waals surface area contributed by atoms with Crippen molar-refractivity contribution in [2.75, 3.05) is 0 Å². The number of rotatable bonds is 3. The number of para-hydroxylation sites is 1. The van der Waals surface area contributed by atoms with Crippen molar-refractivity contribution in [2.45, 2.75) is 0 Å². The molecule has 0 N–H and O–H groups in total. The molecule has 36 heavy (non-hydrogen) atoms. The molecular formula is C31H18ClN3O. The standard InChI is InChI=1S/C31H18ClN3O/c32-23-16-14-20(15-17-23)29-33-30(22-13-12-19-6-1-2-7-21(19)18-22)35-31(34-29)25-9-5-11-27-28(25)24-8-3-4-10-26(24)36-27/h1-18H. The first kappa shape index (κ1) is 20.8. The number of hydrogen-bond acceptors (Lipinski definition) is 4. The molecule has 0 fully saturated rings. The molecule has 0 spiro atoms. The SMILES string of the molecule is Clc1ccc(-c2nc(-c3ccc4ccccc4c3)nc(-c3cccc4oc5ccccc5c34)n2)cc1. The Bertz CT molecular complexity index is 1910. The van der Waals surface area contributed by atoms with Crippen molar-refractivity contribution in [3.8, 4) is 34.2 Å². The van der Waals surface area contributed by atoms with Gasteiger partial charge < -0.3 is 4.42 Å². The minimum atomic E-state index is 0.588. The molecule has 0 aliphatic heterocycles. The van der Waals surface area contributed by atoms with Crippen LogP contribution in [0.25, 0.3) is 66.9 Å². The van der Waals surface area contributed by atoms with Crippen molar-refractivity contribution in [3.05, 3.63) is 114 Å². The zero-order valence-electron chi connectivity index (χ0n) is 19.0. The van der Waals surface area contributed by atoms with E-state index in [1.807, 2.05) is 72.8 Å². The largest absolute Gasteiger partial charge is 0.456 e. The van der Waals surface area contributed by atoms with Crippen molar-refractivity contribution in [3.63, 3.8) is 0 Å². The zero-order valence-corrected chi connectivity index (χ0v) is 19.8. The molecule has 0 saturated carbocycles. The van der Waals surface area contributed by atoms with Crippen LogP contribution in [-0.2, 0) is 0 Å². The summed E-state index contributed by atoms with van der Waals surface area (Å²) in [5.41, 5.74) is 4.33. The highest BCUT2D eigenvalue weighted by Crippen LogP contribution is 2.36. The fourth-order valence-electron chi connectivity index (χ4n) is 4.64. The molecule has 5 aromatic carbocycles. The van der Waals surface area contributed by atoms with E-state index < -0.39 is 0 Å². The van der Waals surface area contributed by atoms with Crippen molar-refractivity contribution in [2.24, 2.45) is 0 Å². The Balaban J connectivity index is 1.50. The van der Waals surface area contributed by atoms with Crippen molar-refractivity contribution < 1.29 is 4.42 Å². The Morgan fingerprint density at radius 3 is 2.06 bits per heavy atom. The minimum absolute atomic E-state index is 0.588. The van der Waals surface area contributed by atoms with Crippen LogP contribution in [0.1, 0.15) is 0 Å². The molecule has 0 bridgehead atoms. The van der Waals surface area contributed by atoms with Gasteiger partial charge in [-0.15, -0.1) is 0 Å². The molecule has 7 aromatic rings. The summed E-state index contributed by atoms with van der Waals surface area (Å²) in [5.74, 6) is 1.79. The summed E-state index contributed by atoms with van der Waals surface area (Å²) in [6.45, 7) is 0. The van der Waals surface area contributed by atoms with Gasteiger partial charge in [-0.25, -0.2) is 15.0 Å². The number of hydrogen-bond donors (Lipinski definition) is 0. The molecule has 0 unspecified atom stereocenters. The summed E-state index contributed by atoms with van der Waals surface area (Å²) < 4.78 is 6.12. The van der Waals surface area contributed by atoms with Gasteiger partial charge in [0.1, 0.15) is 11.2 Å². The molecule has 7 rings (SSSR count). The van der Waals surface area contributed by atoms with Crippen molar-refractivity contribution in [1.82, 2.24) is 15.0 Å². The molecule has 2 heterocycles. The maximum atomic E-state index is 6.15. The summed E-state index contributed by atoms with van der Waals surface area (Å²) in [6, 6.07) is 36.1. The van der Waals surface area contributed by atoms with Crippen LogP contribution in [0.3, 0.4) is 0 Å². The molecule has 4 nitrogen and oxygen atoms in total. The number of aromatic nitrogens is 3. The van der Waals surface area contributed by atoms with Crippen LogP contribution in [-0.4, -0.2) is 15.0 Å². The van der Waals surface area contributed by atoms with Gasteiger partial charge in [-0.1, -0.05) is 78.3 Å². The van der Waals surface area contributed by atoms with Gasteiger partial charge in [0.05, 0.1) is 0 Å². The first-order chi connectivity index (χ1) is 17.7. The highest BCUT2D eigenvalue weighted by molar-refractivity contribution is 6.30. The Morgan fingerprint density at radius 1 is 0.528 bits per heavy atom. The smallest absolute Gasteiger partial charge is 0.164 e. The predicted molar refractivity (Wildman–Crippen MR) is 146 cm³/mol. The summed E-state index contributed by atoms with van der Waals surface area (Å²) >= 11 is 6.15. The molecule has 0 saturated heterocycles. The predicted octanol–water partition coefficient (Wildman–Crippen LogP) is 8.58. The van der Waals surface area contributed by atoms with E-state index in [-0.39, 0.29) is 0 Å². The fourth-order valence-corrected chi connectivity index (χ4v) is 4.77. The van der Waals surface area contributed by atoms with E-state index in [0.717, 1.165) is 44.0 Å². The zero-order chi connectivity index (χ0) is 24.1. The van der Waals surface area contributed by atoms with E-state index >= 15 is 0 Å². The molecular weight excluding hydrogens is 466 g/mol. The van der Waals surface area contributed by atoms with E-state index in [9.17, 15) is 0 Å². The van der Waals surface area contributed by atoms with E-state index in [2.05, 4.69) is 36.4 Å². The summed E-state index contributed by atoms with van der Waals surface area (Å²) in [6.07, 6.45) is 0. The number of benzene rings is 5. The summed E-state index contributed by atoms with van der Waals surface area (Å²) in [7, 11) is 0. The van der Waals surface area contributed by atoms with Crippen LogP contribution >= 0.6 is 11.6 Å². The number of nitrogens with zero attached hydrogens (tertiary/aromatic N) is 3. The monoisotopic (exact) mass is 483 g/mol. The Kier molecular flexibility index (Phi) is 4.79. The molecule has 0 aliphatic rings. The highest BCUT2D eigenvalue weighted by Gasteiger charge is 2.17.